The van der Waals surface area contributed by atoms with E-state index in [9.17, 15) is 0 Å². The lowest BCUT2D eigenvalue weighted by molar-refractivity contribution is 0.439. The van der Waals surface area contributed by atoms with Crippen LogP contribution in [0.25, 0.3) is 0 Å². The van der Waals surface area contributed by atoms with Crippen LogP contribution in [0.1, 0.15) is 18.4 Å². The van der Waals surface area contributed by atoms with E-state index in [1.807, 2.05) is 25.4 Å². The quantitative estimate of drug-likeness (QED) is 0.791. The molecule has 0 aliphatic heterocycles. The second-order valence-electron chi connectivity index (χ2n) is 4.44. The standard InChI is InChI=1S/C12H19N5/c1-10(9-17-6-5-14-11(17)2)7-13-8-12-3-4-15-16-12/h3-6,10,13H,7-9H2,1-2H3,(H,15,16). The zero-order chi connectivity index (χ0) is 12.1. The molecule has 0 bridgehead atoms. The molecule has 92 valence electrons. The van der Waals surface area contributed by atoms with Gasteiger partial charge in [0.05, 0.1) is 0 Å². The minimum absolute atomic E-state index is 0.575. The first-order chi connectivity index (χ1) is 8.25. The van der Waals surface area contributed by atoms with Gasteiger partial charge in [-0.2, -0.15) is 5.10 Å². The van der Waals surface area contributed by atoms with Crippen molar-refractivity contribution >= 4 is 0 Å². The van der Waals surface area contributed by atoms with Gasteiger partial charge in [0.2, 0.25) is 0 Å². The Morgan fingerprint density at radius 3 is 3.00 bits per heavy atom. The molecular formula is C12H19N5. The van der Waals surface area contributed by atoms with Gasteiger partial charge in [0.1, 0.15) is 5.82 Å². The van der Waals surface area contributed by atoms with Gasteiger partial charge < -0.3 is 9.88 Å². The lowest BCUT2D eigenvalue weighted by atomic mass is 10.2. The smallest absolute Gasteiger partial charge is 0.105 e. The zero-order valence-corrected chi connectivity index (χ0v) is 10.3. The summed E-state index contributed by atoms with van der Waals surface area (Å²) in [5.74, 6) is 1.65. The lowest BCUT2D eigenvalue weighted by Gasteiger charge is -2.13. The number of nitrogens with one attached hydrogen (secondary N) is 2. The number of hydrogen-bond acceptors (Lipinski definition) is 3. The number of hydrogen-bond donors (Lipinski definition) is 2. The molecule has 0 aliphatic carbocycles. The molecule has 2 N–H and O–H groups in total. The van der Waals surface area contributed by atoms with Crippen molar-refractivity contribution in [2.75, 3.05) is 6.54 Å². The van der Waals surface area contributed by atoms with Gasteiger partial charge in [-0.3, -0.25) is 5.10 Å². The summed E-state index contributed by atoms with van der Waals surface area (Å²) in [5.41, 5.74) is 1.12. The minimum Gasteiger partial charge on any atom is -0.335 e. The van der Waals surface area contributed by atoms with Crippen LogP contribution in [0.2, 0.25) is 0 Å². The Labute approximate surface area is 101 Å². The van der Waals surface area contributed by atoms with Crippen molar-refractivity contribution < 1.29 is 0 Å². The van der Waals surface area contributed by atoms with Crippen molar-refractivity contribution in [3.05, 3.63) is 36.2 Å². The van der Waals surface area contributed by atoms with Gasteiger partial charge in [-0.25, -0.2) is 4.98 Å². The topological polar surface area (TPSA) is 58.5 Å². The molecule has 2 aromatic rings. The maximum absolute atomic E-state index is 4.22. The van der Waals surface area contributed by atoms with Crippen molar-refractivity contribution in [2.45, 2.75) is 26.9 Å². The van der Waals surface area contributed by atoms with E-state index < -0.39 is 0 Å². The van der Waals surface area contributed by atoms with Crippen molar-refractivity contribution in [2.24, 2.45) is 5.92 Å². The fourth-order valence-corrected chi connectivity index (χ4v) is 1.83. The first-order valence-electron chi connectivity index (χ1n) is 5.92. The van der Waals surface area contributed by atoms with Crippen LogP contribution in [-0.4, -0.2) is 26.3 Å². The van der Waals surface area contributed by atoms with E-state index in [0.29, 0.717) is 5.92 Å². The van der Waals surface area contributed by atoms with Crippen LogP contribution < -0.4 is 5.32 Å². The molecule has 2 aromatic heterocycles. The molecule has 0 spiro atoms. The Bertz CT molecular complexity index is 431. The summed E-state index contributed by atoms with van der Waals surface area (Å²) in [6.07, 6.45) is 5.65. The van der Waals surface area contributed by atoms with Crippen LogP contribution >= 0.6 is 0 Å². The molecule has 5 heteroatoms. The van der Waals surface area contributed by atoms with E-state index in [4.69, 9.17) is 0 Å². The summed E-state index contributed by atoms with van der Waals surface area (Å²) in [6.45, 7) is 7.09. The molecule has 1 unspecified atom stereocenters. The summed E-state index contributed by atoms with van der Waals surface area (Å²) in [6, 6.07) is 1.98. The van der Waals surface area contributed by atoms with E-state index in [1.54, 1.807) is 6.20 Å². The Balaban J connectivity index is 1.71. The van der Waals surface area contributed by atoms with E-state index in [1.165, 1.54) is 0 Å². The summed E-state index contributed by atoms with van der Waals surface area (Å²) in [5, 5.41) is 10.3. The van der Waals surface area contributed by atoms with Crippen LogP contribution in [0.5, 0.6) is 0 Å². The van der Waals surface area contributed by atoms with Crippen molar-refractivity contribution in [1.82, 2.24) is 25.1 Å². The second-order valence-corrected chi connectivity index (χ2v) is 4.44. The highest BCUT2D eigenvalue weighted by Gasteiger charge is 2.05. The highest BCUT2D eigenvalue weighted by molar-refractivity contribution is 4.96. The molecule has 0 amide bonds. The Morgan fingerprint density at radius 1 is 1.47 bits per heavy atom. The maximum Gasteiger partial charge on any atom is 0.105 e. The molecule has 17 heavy (non-hydrogen) atoms. The van der Waals surface area contributed by atoms with Crippen LogP contribution in [0.15, 0.2) is 24.7 Å². The minimum atomic E-state index is 0.575. The van der Waals surface area contributed by atoms with E-state index in [2.05, 4.69) is 32.0 Å². The predicted octanol–water partition coefficient (Wildman–Crippen LogP) is 1.34. The Hall–Kier alpha value is -1.62. The third-order valence-electron chi connectivity index (χ3n) is 2.80. The monoisotopic (exact) mass is 233 g/mol. The number of nitrogens with zero attached hydrogens (tertiary/aromatic N) is 3. The molecule has 2 heterocycles. The fraction of sp³-hybridized carbons (Fsp3) is 0.500. The van der Waals surface area contributed by atoms with Crippen LogP contribution in [0, 0.1) is 12.8 Å². The molecule has 0 fully saturated rings. The largest absolute Gasteiger partial charge is 0.335 e. The Morgan fingerprint density at radius 2 is 2.35 bits per heavy atom. The summed E-state index contributed by atoms with van der Waals surface area (Å²) >= 11 is 0. The van der Waals surface area contributed by atoms with E-state index in [-0.39, 0.29) is 0 Å². The summed E-state index contributed by atoms with van der Waals surface area (Å²) in [7, 11) is 0. The van der Waals surface area contributed by atoms with E-state index >= 15 is 0 Å². The Kier molecular flexibility index (Phi) is 3.93. The molecule has 5 nitrogen and oxygen atoms in total. The van der Waals surface area contributed by atoms with Gasteiger partial charge in [0.15, 0.2) is 0 Å². The van der Waals surface area contributed by atoms with E-state index in [0.717, 1.165) is 31.2 Å². The molecule has 1 atom stereocenters. The highest BCUT2D eigenvalue weighted by atomic mass is 15.1. The van der Waals surface area contributed by atoms with Gasteiger partial charge >= 0.3 is 0 Å². The average Bonchev–Trinajstić information content (AvgIpc) is 2.92. The fourth-order valence-electron chi connectivity index (χ4n) is 1.83. The van der Waals surface area contributed by atoms with Gasteiger partial charge in [0, 0.05) is 37.4 Å². The van der Waals surface area contributed by atoms with Gasteiger partial charge in [0.25, 0.3) is 0 Å². The molecule has 0 saturated carbocycles. The van der Waals surface area contributed by atoms with Crippen LogP contribution in [0.3, 0.4) is 0 Å². The third kappa shape index (κ3) is 3.42. The first kappa shape index (κ1) is 11.9. The third-order valence-corrected chi connectivity index (χ3v) is 2.80. The summed E-state index contributed by atoms with van der Waals surface area (Å²) in [4.78, 5) is 4.22. The molecule has 0 aliphatic rings. The molecule has 0 saturated heterocycles. The summed E-state index contributed by atoms with van der Waals surface area (Å²) < 4.78 is 2.18. The number of aromatic amines is 1. The first-order valence-corrected chi connectivity index (χ1v) is 5.92. The molecule has 2 rings (SSSR count). The van der Waals surface area contributed by atoms with Gasteiger partial charge in [-0.1, -0.05) is 6.92 Å². The van der Waals surface area contributed by atoms with Gasteiger partial charge in [-0.15, -0.1) is 0 Å². The molecule has 0 aromatic carbocycles. The normalized spacial score (nSPS) is 12.8. The van der Waals surface area contributed by atoms with Crippen molar-refractivity contribution in [3.8, 4) is 0 Å². The van der Waals surface area contributed by atoms with Crippen molar-refractivity contribution in [3.63, 3.8) is 0 Å². The highest BCUT2D eigenvalue weighted by Crippen LogP contribution is 2.03. The molecular weight excluding hydrogens is 214 g/mol. The molecule has 0 radical (unpaired) electrons. The van der Waals surface area contributed by atoms with Crippen LogP contribution in [0.4, 0.5) is 0 Å². The maximum atomic E-state index is 4.22. The van der Waals surface area contributed by atoms with Crippen LogP contribution in [-0.2, 0) is 13.1 Å². The average molecular weight is 233 g/mol. The van der Waals surface area contributed by atoms with Gasteiger partial charge in [-0.05, 0) is 25.5 Å². The number of imidazole rings is 1. The second kappa shape index (κ2) is 5.63. The number of rotatable bonds is 6. The van der Waals surface area contributed by atoms with Crippen molar-refractivity contribution in [1.29, 1.82) is 0 Å². The number of H-pyrrole nitrogens is 1. The lowest BCUT2D eigenvalue weighted by Crippen LogP contribution is -2.24. The number of aromatic nitrogens is 4. The predicted molar refractivity (Wildman–Crippen MR) is 66.4 cm³/mol. The zero-order valence-electron chi connectivity index (χ0n) is 10.3. The number of aryl methyl sites for hydroxylation is 1. The SMILES string of the molecule is Cc1nccn1CC(C)CNCc1ccn[nH]1.